The van der Waals surface area contributed by atoms with Gasteiger partial charge in [0.2, 0.25) is 11.6 Å². The smallest absolute Gasteiger partial charge is 0.293 e. The van der Waals surface area contributed by atoms with E-state index < -0.39 is 5.91 Å². The third kappa shape index (κ3) is 4.58. The van der Waals surface area contributed by atoms with Gasteiger partial charge in [0.1, 0.15) is 5.75 Å². The second kappa shape index (κ2) is 9.53. The van der Waals surface area contributed by atoms with Crippen molar-refractivity contribution >= 4 is 17.4 Å². The quantitative estimate of drug-likeness (QED) is 0.384. The highest BCUT2D eigenvalue weighted by molar-refractivity contribution is 6.00. The first-order valence-electron chi connectivity index (χ1n) is 9.89. The van der Waals surface area contributed by atoms with Crippen LogP contribution in [0.25, 0.3) is 5.82 Å². The first-order chi connectivity index (χ1) is 15.6. The lowest BCUT2D eigenvalue weighted by atomic mass is 10.1. The number of rotatable bonds is 7. The number of nitrogen functional groups attached to an aromatic ring is 1. The summed E-state index contributed by atoms with van der Waals surface area (Å²) in [7, 11) is 1.59. The fraction of sp³-hybridized carbons (Fsp3) is 0.368. The second-order valence-corrected chi connectivity index (χ2v) is 7.03. The maximum Gasteiger partial charge on any atom is 0.293 e. The van der Waals surface area contributed by atoms with Crippen molar-refractivity contribution in [2.24, 2.45) is 5.10 Å². The summed E-state index contributed by atoms with van der Waals surface area (Å²) in [5.74, 6) is 0.377. The summed E-state index contributed by atoms with van der Waals surface area (Å²) in [6.07, 6.45) is 0. The maximum absolute atomic E-state index is 12.9. The van der Waals surface area contributed by atoms with Crippen molar-refractivity contribution < 1.29 is 18.9 Å². The molecule has 13 heteroatoms. The maximum atomic E-state index is 12.9. The standard InChI is InChI=1S/C19H23N9O4/c1-12(13-4-3-5-14(10-13)30-2)21-23-19(29)16-15(11-27-6-8-31-9-7-27)28(26-22-16)18-17(20)24-32-25-18/h3-5,10H,6-9,11H2,1-2H3,(H2,20,24)(H,23,29)/b21-12+. The number of nitrogens with one attached hydrogen (secondary N) is 1. The van der Waals surface area contributed by atoms with Crippen LogP contribution in [-0.2, 0) is 11.3 Å². The van der Waals surface area contributed by atoms with Crippen LogP contribution in [0, 0.1) is 0 Å². The number of hydrogen-bond acceptors (Lipinski definition) is 11. The largest absolute Gasteiger partial charge is 0.497 e. The highest BCUT2D eigenvalue weighted by atomic mass is 16.6. The number of morpholine rings is 1. The van der Waals surface area contributed by atoms with Crippen molar-refractivity contribution in [3.05, 3.63) is 41.2 Å². The van der Waals surface area contributed by atoms with Gasteiger partial charge in [-0.3, -0.25) is 9.69 Å². The molecule has 2 aromatic heterocycles. The number of carbonyl (C=O) groups excluding carboxylic acids is 1. The Balaban J connectivity index is 1.59. The Morgan fingerprint density at radius 3 is 2.84 bits per heavy atom. The molecule has 1 saturated heterocycles. The van der Waals surface area contributed by atoms with Crippen molar-refractivity contribution in [2.45, 2.75) is 13.5 Å². The number of nitrogens with zero attached hydrogens (tertiary/aromatic N) is 7. The number of nitrogens with two attached hydrogens (primary N) is 1. The van der Waals surface area contributed by atoms with E-state index in [4.69, 9.17) is 15.2 Å². The number of methoxy groups -OCH3 is 1. The molecule has 13 nitrogen and oxygen atoms in total. The molecule has 168 valence electrons. The average Bonchev–Trinajstić information content (AvgIpc) is 3.43. The Morgan fingerprint density at radius 1 is 1.31 bits per heavy atom. The molecule has 0 saturated carbocycles. The van der Waals surface area contributed by atoms with Gasteiger partial charge in [-0.25, -0.2) is 10.1 Å². The van der Waals surface area contributed by atoms with E-state index >= 15 is 0 Å². The Morgan fingerprint density at radius 2 is 2.12 bits per heavy atom. The number of aromatic nitrogens is 5. The molecule has 1 aromatic carbocycles. The number of hydrazone groups is 1. The number of ether oxygens (including phenoxy) is 2. The molecule has 0 atom stereocenters. The molecule has 0 bridgehead atoms. The summed E-state index contributed by atoms with van der Waals surface area (Å²) in [6, 6.07) is 7.37. The van der Waals surface area contributed by atoms with Crippen LogP contribution in [0.4, 0.5) is 5.82 Å². The minimum atomic E-state index is -0.517. The number of carbonyl (C=O) groups is 1. The third-order valence-corrected chi connectivity index (χ3v) is 4.96. The van der Waals surface area contributed by atoms with Crippen LogP contribution in [0.2, 0.25) is 0 Å². The molecule has 0 aliphatic carbocycles. The predicted molar refractivity (Wildman–Crippen MR) is 112 cm³/mol. The fourth-order valence-electron chi connectivity index (χ4n) is 3.20. The van der Waals surface area contributed by atoms with E-state index in [1.165, 1.54) is 4.68 Å². The molecule has 32 heavy (non-hydrogen) atoms. The van der Waals surface area contributed by atoms with Crippen molar-refractivity contribution in [3.63, 3.8) is 0 Å². The molecule has 3 N–H and O–H groups in total. The van der Waals surface area contributed by atoms with Gasteiger partial charge in [-0.15, -0.1) is 5.10 Å². The molecule has 0 spiro atoms. The molecule has 0 unspecified atom stereocenters. The summed E-state index contributed by atoms with van der Waals surface area (Å²) in [5.41, 5.74) is 10.4. The lowest BCUT2D eigenvalue weighted by molar-refractivity contribution is 0.0332. The van der Waals surface area contributed by atoms with Crippen LogP contribution in [-0.4, -0.2) is 75.2 Å². The van der Waals surface area contributed by atoms with Crippen molar-refractivity contribution in [1.82, 2.24) is 35.6 Å². The molecule has 1 fully saturated rings. The zero-order valence-electron chi connectivity index (χ0n) is 17.7. The van der Waals surface area contributed by atoms with Gasteiger partial charge in [-0.2, -0.15) is 9.78 Å². The molecular formula is C19H23N9O4. The van der Waals surface area contributed by atoms with Gasteiger partial charge in [0.25, 0.3) is 5.91 Å². The topological polar surface area (TPSA) is 159 Å². The molecule has 4 rings (SSSR count). The van der Waals surface area contributed by atoms with Crippen LogP contribution < -0.4 is 15.9 Å². The summed E-state index contributed by atoms with van der Waals surface area (Å²) in [5, 5.41) is 19.7. The summed E-state index contributed by atoms with van der Waals surface area (Å²) in [4.78, 5) is 15.1. The molecule has 3 aromatic rings. The van der Waals surface area contributed by atoms with E-state index in [2.05, 4.69) is 40.7 Å². The van der Waals surface area contributed by atoms with Crippen molar-refractivity contribution in [2.75, 3.05) is 39.1 Å². The molecule has 1 aliphatic rings. The van der Waals surface area contributed by atoms with Crippen LogP contribution in [0.5, 0.6) is 5.75 Å². The zero-order valence-corrected chi connectivity index (χ0v) is 17.7. The number of anilines is 1. The second-order valence-electron chi connectivity index (χ2n) is 7.03. The third-order valence-electron chi connectivity index (χ3n) is 4.96. The van der Waals surface area contributed by atoms with E-state index in [-0.39, 0.29) is 17.3 Å². The average molecular weight is 441 g/mol. The minimum Gasteiger partial charge on any atom is -0.497 e. The van der Waals surface area contributed by atoms with Gasteiger partial charge in [-0.1, -0.05) is 17.3 Å². The van der Waals surface area contributed by atoms with E-state index in [1.807, 2.05) is 24.3 Å². The molecule has 0 radical (unpaired) electrons. The normalized spacial score (nSPS) is 15.0. The molecule has 3 heterocycles. The Hall–Kier alpha value is -3.84. The SMILES string of the molecule is COc1cccc(/C(C)=N/NC(=O)c2nnn(-c3nonc3N)c2CN2CCOCC2)c1. The van der Waals surface area contributed by atoms with E-state index in [0.717, 1.165) is 5.56 Å². The van der Waals surface area contributed by atoms with Gasteiger partial charge in [0.15, 0.2) is 5.69 Å². The Bertz CT molecular complexity index is 1120. The van der Waals surface area contributed by atoms with E-state index in [9.17, 15) is 4.79 Å². The number of hydrogen-bond donors (Lipinski definition) is 2. The Labute approximate surface area is 183 Å². The Kier molecular flexibility index (Phi) is 6.37. The monoisotopic (exact) mass is 441 g/mol. The molecule has 1 amide bonds. The first-order valence-corrected chi connectivity index (χ1v) is 9.89. The zero-order chi connectivity index (χ0) is 22.5. The van der Waals surface area contributed by atoms with Gasteiger partial charge >= 0.3 is 0 Å². The van der Waals surface area contributed by atoms with Crippen LogP contribution >= 0.6 is 0 Å². The van der Waals surface area contributed by atoms with Crippen LogP contribution in [0.3, 0.4) is 0 Å². The molecular weight excluding hydrogens is 418 g/mol. The van der Waals surface area contributed by atoms with Gasteiger partial charge in [0.05, 0.1) is 31.7 Å². The van der Waals surface area contributed by atoms with E-state index in [1.54, 1.807) is 14.0 Å². The summed E-state index contributed by atoms with van der Waals surface area (Å²) in [6.45, 7) is 4.76. The van der Waals surface area contributed by atoms with Gasteiger partial charge < -0.3 is 15.2 Å². The van der Waals surface area contributed by atoms with Gasteiger partial charge in [-0.05, 0) is 29.4 Å². The van der Waals surface area contributed by atoms with E-state index in [0.29, 0.717) is 50.0 Å². The first kappa shape index (κ1) is 21.4. The lowest BCUT2D eigenvalue weighted by Crippen LogP contribution is -2.37. The minimum absolute atomic E-state index is 0.0389. The van der Waals surface area contributed by atoms with Crippen LogP contribution in [0.15, 0.2) is 34.0 Å². The highest BCUT2D eigenvalue weighted by Gasteiger charge is 2.26. The fourth-order valence-corrected chi connectivity index (χ4v) is 3.20. The number of benzene rings is 1. The number of amides is 1. The van der Waals surface area contributed by atoms with Crippen LogP contribution in [0.1, 0.15) is 28.7 Å². The highest BCUT2D eigenvalue weighted by Crippen LogP contribution is 2.18. The summed E-state index contributed by atoms with van der Waals surface area (Å²) >= 11 is 0. The lowest BCUT2D eigenvalue weighted by Gasteiger charge is -2.26. The predicted octanol–water partition coefficient (Wildman–Crippen LogP) is 0.227. The molecule has 1 aliphatic heterocycles. The van der Waals surface area contributed by atoms with Crippen molar-refractivity contribution in [3.8, 4) is 11.6 Å². The van der Waals surface area contributed by atoms with Gasteiger partial charge in [0, 0.05) is 25.2 Å². The van der Waals surface area contributed by atoms with Crippen molar-refractivity contribution in [1.29, 1.82) is 0 Å². The summed E-state index contributed by atoms with van der Waals surface area (Å²) < 4.78 is 16.7.